The number of rotatable bonds is 5. The Labute approximate surface area is 155 Å². The normalized spacial score (nSPS) is 14.5. The van der Waals surface area contributed by atoms with Gasteiger partial charge in [-0.15, -0.1) is 0 Å². The van der Waals surface area contributed by atoms with Crippen molar-refractivity contribution in [1.29, 1.82) is 0 Å². The van der Waals surface area contributed by atoms with Crippen LogP contribution in [0.25, 0.3) is 0 Å². The first-order chi connectivity index (χ1) is 11.8. The molecule has 146 valence electrons. The fourth-order valence-corrected chi connectivity index (χ4v) is 1.83. The molecule has 0 aliphatic rings. The minimum absolute atomic E-state index is 0.113. The third kappa shape index (κ3) is 5.81. The molecule has 0 heterocycles. The number of ether oxygens (including phenoxy) is 2. The molecule has 0 aromatic heterocycles. The van der Waals surface area contributed by atoms with Gasteiger partial charge < -0.3 is 19.9 Å². The lowest BCUT2D eigenvalue weighted by molar-refractivity contribution is -0.145. The van der Waals surface area contributed by atoms with Crippen molar-refractivity contribution in [3.8, 4) is 11.5 Å². The summed E-state index contributed by atoms with van der Waals surface area (Å²) in [6.45, 7) is 12.3. The zero-order chi connectivity index (χ0) is 20.3. The monoisotopic (exact) mass is 365 g/mol. The summed E-state index contributed by atoms with van der Waals surface area (Å²) < 4.78 is 10.9. The van der Waals surface area contributed by atoms with Crippen molar-refractivity contribution >= 4 is 11.9 Å². The van der Waals surface area contributed by atoms with Crippen molar-refractivity contribution in [3.05, 3.63) is 23.8 Å². The van der Waals surface area contributed by atoms with E-state index in [-0.39, 0.29) is 17.5 Å². The lowest BCUT2D eigenvalue weighted by Gasteiger charge is -2.23. The third-order valence-electron chi connectivity index (χ3n) is 3.87. The van der Waals surface area contributed by atoms with Crippen LogP contribution in [0.3, 0.4) is 0 Å². The van der Waals surface area contributed by atoms with Crippen LogP contribution < -0.4 is 14.8 Å². The second-order valence-corrected chi connectivity index (χ2v) is 8.51. The topological polar surface area (TPSA) is 84.9 Å². The van der Waals surface area contributed by atoms with Gasteiger partial charge in [0, 0.05) is 6.04 Å². The van der Waals surface area contributed by atoms with Gasteiger partial charge in [0.15, 0.2) is 11.5 Å². The second-order valence-electron chi connectivity index (χ2n) is 8.51. The lowest BCUT2D eigenvalue weighted by Crippen LogP contribution is -2.29. The van der Waals surface area contributed by atoms with Crippen molar-refractivity contribution in [2.24, 2.45) is 10.8 Å². The Balaban J connectivity index is 3.27. The molecule has 0 saturated carbocycles. The van der Waals surface area contributed by atoms with Gasteiger partial charge in [0.05, 0.1) is 16.9 Å². The Morgan fingerprint density at radius 1 is 0.962 bits per heavy atom. The van der Waals surface area contributed by atoms with E-state index in [0.717, 1.165) is 0 Å². The summed E-state index contributed by atoms with van der Waals surface area (Å²) in [6, 6.07) is 4.52. The van der Waals surface area contributed by atoms with Crippen molar-refractivity contribution in [1.82, 2.24) is 5.32 Å². The molecule has 6 nitrogen and oxygen atoms in total. The van der Waals surface area contributed by atoms with E-state index in [9.17, 15) is 14.7 Å². The van der Waals surface area contributed by atoms with E-state index in [2.05, 4.69) is 5.32 Å². The van der Waals surface area contributed by atoms with Gasteiger partial charge in [-0.1, -0.05) is 6.07 Å². The number of hydrogen-bond donors (Lipinski definition) is 2. The van der Waals surface area contributed by atoms with Gasteiger partial charge in [0.1, 0.15) is 0 Å². The van der Waals surface area contributed by atoms with Crippen LogP contribution >= 0.6 is 0 Å². The minimum Gasteiger partial charge on any atom is -0.422 e. The number of carbonyl (C=O) groups excluding carboxylic acids is 2. The molecule has 2 atom stereocenters. The molecule has 6 heteroatoms. The van der Waals surface area contributed by atoms with Crippen LogP contribution in [0.1, 0.15) is 60.1 Å². The summed E-state index contributed by atoms with van der Waals surface area (Å²) in [5.41, 5.74) is -0.874. The Bertz CT molecular complexity index is 655. The van der Waals surface area contributed by atoms with E-state index in [4.69, 9.17) is 9.47 Å². The van der Waals surface area contributed by atoms with Gasteiger partial charge >= 0.3 is 11.9 Å². The number of nitrogens with one attached hydrogen (secondary N) is 1. The molecule has 26 heavy (non-hydrogen) atoms. The highest BCUT2D eigenvalue weighted by Crippen LogP contribution is 2.34. The van der Waals surface area contributed by atoms with Gasteiger partial charge in [-0.25, -0.2) is 0 Å². The molecule has 2 N–H and O–H groups in total. The Morgan fingerprint density at radius 3 is 1.85 bits per heavy atom. The van der Waals surface area contributed by atoms with Crippen molar-refractivity contribution in [2.45, 2.75) is 60.6 Å². The zero-order valence-electron chi connectivity index (χ0n) is 17.0. The first kappa shape index (κ1) is 22.1. The Kier molecular flexibility index (Phi) is 6.96. The average molecular weight is 365 g/mol. The maximum atomic E-state index is 12.3. The van der Waals surface area contributed by atoms with Crippen LogP contribution in [0.4, 0.5) is 0 Å². The van der Waals surface area contributed by atoms with Crippen molar-refractivity contribution in [3.63, 3.8) is 0 Å². The standard InChI is InChI=1S/C20H31NO5/c1-12(21-8)16(22)13-9-10-14(25-17(23)19(2,3)4)15(11-13)26-18(24)20(5,6)7/h9-12,16,21-22H,1-8H3/t12-,16-/m0/s1. The summed E-state index contributed by atoms with van der Waals surface area (Å²) in [6.07, 6.45) is -0.806. The number of aliphatic hydroxyl groups is 1. The predicted octanol–water partition coefficient (Wildman–Crippen LogP) is 3.23. The fourth-order valence-electron chi connectivity index (χ4n) is 1.83. The van der Waals surface area contributed by atoms with E-state index in [1.54, 1.807) is 54.7 Å². The molecule has 1 aromatic carbocycles. The van der Waals surface area contributed by atoms with Crippen LogP contribution in [-0.2, 0) is 9.59 Å². The average Bonchev–Trinajstić information content (AvgIpc) is 2.52. The van der Waals surface area contributed by atoms with E-state index >= 15 is 0 Å². The molecule has 0 aliphatic heterocycles. The highest BCUT2D eigenvalue weighted by molar-refractivity contribution is 5.81. The molecule has 1 rings (SSSR count). The summed E-state index contributed by atoms with van der Waals surface area (Å²) in [5, 5.41) is 13.4. The second kappa shape index (κ2) is 8.18. The third-order valence-corrected chi connectivity index (χ3v) is 3.87. The summed E-state index contributed by atoms with van der Waals surface area (Å²) in [5.74, 6) is -0.640. The Hall–Kier alpha value is -1.92. The summed E-state index contributed by atoms with van der Waals surface area (Å²) in [7, 11) is 1.74. The maximum Gasteiger partial charge on any atom is 0.316 e. The van der Waals surface area contributed by atoms with Gasteiger partial charge in [-0.3, -0.25) is 9.59 Å². The first-order valence-corrected chi connectivity index (χ1v) is 8.71. The summed E-state index contributed by atoms with van der Waals surface area (Å²) >= 11 is 0. The van der Waals surface area contributed by atoms with Crippen LogP contribution in [0.2, 0.25) is 0 Å². The number of likely N-dealkylation sites (N-methyl/N-ethyl adjacent to an activating group) is 1. The fraction of sp³-hybridized carbons (Fsp3) is 0.600. The highest BCUT2D eigenvalue weighted by atomic mass is 16.6. The Morgan fingerprint density at radius 2 is 1.42 bits per heavy atom. The van der Waals surface area contributed by atoms with Gasteiger partial charge in [0.25, 0.3) is 0 Å². The molecule has 1 aromatic rings. The predicted molar refractivity (Wildman–Crippen MR) is 100 cm³/mol. The smallest absolute Gasteiger partial charge is 0.316 e. The number of esters is 2. The first-order valence-electron chi connectivity index (χ1n) is 8.71. The van der Waals surface area contributed by atoms with E-state index in [1.807, 2.05) is 6.92 Å². The lowest BCUT2D eigenvalue weighted by atomic mass is 9.97. The number of carbonyl (C=O) groups is 2. The minimum atomic E-state index is -0.806. The van der Waals surface area contributed by atoms with Crippen molar-refractivity contribution in [2.75, 3.05) is 7.05 Å². The van der Waals surface area contributed by atoms with Gasteiger partial charge in [-0.05, 0) is 73.2 Å². The molecular weight excluding hydrogens is 334 g/mol. The number of benzene rings is 1. The maximum absolute atomic E-state index is 12.3. The summed E-state index contributed by atoms with van der Waals surface area (Å²) in [4.78, 5) is 24.5. The molecule has 0 spiro atoms. The van der Waals surface area contributed by atoms with E-state index in [0.29, 0.717) is 5.56 Å². The zero-order valence-corrected chi connectivity index (χ0v) is 17.0. The van der Waals surface area contributed by atoms with Crippen LogP contribution in [0, 0.1) is 10.8 Å². The van der Waals surface area contributed by atoms with E-state index < -0.39 is 28.9 Å². The molecule has 0 amide bonds. The molecule has 0 bridgehead atoms. The van der Waals surface area contributed by atoms with Crippen molar-refractivity contribution < 1.29 is 24.2 Å². The molecule has 0 saturated heterocycles. The largest absolute Gasteiger partial charge is 0.422 e. The van der Waals surface area contributed by atoms with Gasteiger partial charge in [-0.2, -0.15) is 0 Å². The van der Waals surface area contributed by atoms with E-state index in [1.165, 1.54) is 12.1 Å². The molecule has 0 fully saturated rings. The SMILES string of the molecule is CN[C@@H](C)[C@H](O)c1ccc(OC(=O)C(C)(C)C)c(OC(=O)C(C)(C)C)c1. The highest BCUT2D eigenvalue weighted by Gasteiger charge is 2.29. The van der Waals surface area contributed by atoms with Gasteiger partial charge in [0.2, 0.25) is 0 Å². The quantitative estimate of drug-likeness (QED) is 0.615. The number of hydrogen-bond acceptors (Lipinski definition) is 6. The van der Waals surface area contributed by atoms with Crippen LogP contribution in [0.5, 0.6) is 11.5 Å². The number of aliphatic hydroxyl groups excluding tert-OH is 1. The van der Waals surface area contributed by atoms with Crippen LogP contribution in [0.15, 0.2) is 18.2 Å². The molecule has 0 radical (unpaired) electrons. The molecule has 0 unspecified atom stereocenters. The molecule has 0 aliphatic carbocycles. The molecular formula is C20H31NO5. The van der Waals surface area contributed by atoms with Crippen LogP contribution in [-0.4, -0.2) is 30.1 Å².